The molecule has 0 bridgehead atoms. The Hall–Kier alpha value is -2.62. The van der Waals surface area contributed by atoms with Crippen molar-refractivity contribution in [1.82, 2.24) is 0 Å². The Morgan fingerprint density at radius 3 is 2.55 bits per heavy atom. The predicted molar refractivity (Wildman–Crippen MR) is 83.6 cm³/mol. The lowest BCUT2D eigenvalue weighted by molar-refractivity contribution is 0.465. The van der Waals surface area contributed by atoms with Crippen LogP contribution in [0.3, 0.4) is 0 Å². The van der Waals surface area contributed by atoms with E-state index in [0.717, 1.165) is 11.6 Å². The van der Waals surface area contributed by atoms with Crippen LogP contribution in [0.25, 0.3) is 22.3 Å². The molecule has 1 N–H and O–H groups in total. The molecule has 112 valence electrons. The highest BCUT2D eigenvalue weighted by Crippen LogP contribution is 2.31. The number of aromatic hydroxyl groups is 1. The molecule has 0 amide bonds. The molecule has 1 aromatic heterocycles. The molecule has 3 aromatic rings. The maximum Gasteiger partial charge on any atom is 0.193 e. The number of fused-ring (bicyclic) bond motifs is 1. The van der Waals surface area contributed by atoms with Crippen molar-refractivity contribution in [3.8, 4) is 17.1 Å². The van der Waals surface area contributed by atoms with E-state index in [1.807, 2.05) is 19.9 Å². The molecule has 0 atom stereocenters. The zero-order valence-corrected chi connectivity index (χ0v) is 12.3. The van der Waals surface area contributed by atoms with Crippen molar-refractivity contribution in [3.05, 3.63) is 64.1 Å². The minimum Gasteiger partial charge on any atom is -0.508 e. The summed E-state index contributed by atoms with van der Waals surface area (Å²) in [5.74, 6) is 0.219. The van der Waals surface area contributed by atoms with Crippen molar-refractivity contribution in [3.63, 3.8) is 0 Å². The van der Waals surface area contributed by atoms with Crippen molar-refractivity contribution in [2.24, 2.45) is 0 Å². The lowest BCUT2D eigenvalue weighted by Gasteiger charge is -2.10. The van der Waals surface area contributed by atoms with Crippen LogP contribution in [-0.4, -0.2) is 5.11 Å². The van der Waals surface area contributed by atoms with Gasteiger partial charge in [-0.3, -0.25) is 4.79 Å². The first-order valence-corrected chi connectivity index (χ1v) is 7.02. The quantitative estimate of drug-likeness (QED) is 0.761. The second-order valence-corrected chi connectivity index (χ2v) is 5.54. The lowest BCUT2D eigenvalue weighted by Crippen LogP contribution is -2.01. The zero-order chi connectivity index (χ0) is 15.9. The number of rotatable bonds is 2. The van der Waals surface area contributed by atoms with E-state index in [9.17, 15) is 14.3 Å². The van der Waals surface area contributed by atoms with Crippen molar-refractivity contribution in [1.29, 1.82) is 0 Å². The highest BCUT2D eigenvalue weighted by molar-refractivity contribution is 5.78. The zero-order valence-electron chi connectivity index (χ0n) is 12.3. The smallest absolute Gasteiger partial charge is 0.193 e. The highest BCUT2D eigenvalue weighted by atomic mass is 19.1. The Morgan fingerprint density at radius 1 is 1.09 bits per heavy atom. The van der Waals surface area contributed by atoms with Crippen molar-refractivity contribution >= 4 is 11.0 Å². The Balaban J connectivity index is 2.16. The molecular weight excluding hydrogens is 283 g/mol. The number of hydrogen-bond donors (Lipinski definition) is 1. The molecule has 2 aromatic carbocycles. The van der Waals surface area contributed by atoms with Gasteiger partial charge in [0.25, 0.3) is 0 Å². The van der Waals surface area contributed by atoms with E-state index >= 15 is 0 Å². The van der Waals surface area contributed by atoms with Crippen LogP contribution in [0, 0.1) is 5.82 Å². The number of halogens is 1. The fourth-order valence-electron chi connectivity index (χ4n) is 2.46. The number of benzene rings is 2. The van der Waals surface area contributed by atoms with E-state index in [1.165, 1.54) is 18.2 Å². The molecule has 0 saturated heterocycles. The van der Waals surface area contributed by atoms with Gasteiger partial charge in [-0.2, -0.15) is 0 Å². The number of phenols is 1. The Bertz CT molecular complexity index is 910. The summed E-state index contributed by atoms with van der Waals surface area (Å²) in [6.45, 7) is 3.97. The molecule has 0 radical (unpaired) electrons. The Kier molecular flexibility index (Phi) is 3.45. The summed E-state index contributed by atoms with van der Waals surface area (Å²) < 4.78 is 18.9. The summed E-state index contributed by atoms with van der Waals surface area (Å²) >= 11 is 0. The molecule has 0 unspecified atom stereocenters. The van der Waals surface area contributed by atoms with Crippen molar-refractivity contribution in [2.75, 3.05) is 0 Å². The van der Waals surface area contributed by atoms with Crippen LogP contribution >= 0.6 is 0 Å². The molecule has 0 aliphatic heterocycles. The van der Waals surface area contributed by atoms with Crippen LogP contribution < -0.4 is 5.43 Å². The molecule has 1 heterocycles. The average molecular weight is 298 g/mol. The normalized spacial score (nSPS) is 11.3. The van der Waals surface area contributed by atoms with Gasteiger partial charge < -0.3 is 9.52 Å². The Labute approximate surface area is 126 Å². The van der Waals surface area contributed by atoms with E-state index in [2.05, 4.69) is 0 Å². The monoisotopic (exact) mass is 298 g/mol. The second-order valence-electron chi connectivity index (χ2n) is 5.54. The van der Waals surface area contributed by atoms with E-state index < -0.39 is 5.82 Å². The molecule has 0 aliphatic carbocycles. The maximum atomic E-state index is 13.2. The number of phenolic OH excluding ortho intramolecular Hbond substituents is 1. The summed E-state index contributed by atoms with van der Waals surface area (Å²) in [6, 6.07) is 10.3. The molecule has 3 rings (SSSR count). The van der Waals surface area contributed by atoms with E-state index in [0.29, 0.717) is 16.9 Å². The summed E-state index contributed by atoms with van der Waals surface area (Å²) in [5.41, 5.74) is 1.43. The van der Waals surface area contributed by atoms with Gasteiger partial charge >= 0.3 is 0 Å². The summed E-state index contributed by atoms with van der Waals surface area (Å²) in [4.78, 5) is 12.1. The minimum atomic E-state index is -0.480. The predicted octanol–water partition coefficient (Wildman–Crippen LogP) is 4.43. The topological polar surface area (TPSA) is 50.4 Å². The highest BCUT2D eigenvalue weighted by Gasteiger charge is 2.11. The van der Waals surface area contributed by atoms with Crippen LogP contribution in [0.5, 0.6) is 5.75 Å². The van der Waals surface area contributed by atoms with Gasteiger partial charge in [-0.1, -0.05) is 26.0 Å². The van der Waals surface area contributed by atoms with Crippen LogP contribution in [0.2, 0.25) is 0 Å². The van der Waals surface area contributed by atoms with Crippen LogP contribution in [0.15, 0.2) is 51.7 Å². The molecule has 0 saturated carbocycles. The van der Waals surface area contributed by atoms with Crippen LogP contribution in [0.1, 0.15) is 25.3 Å². The second kappa shape index (κ2) is 5.30. The summed E-state index contributed by atoms with van der Waals surface area (Å²) in [7, 11) is 0. The van der Waals surface area contributed by atoms with Gasteiger partial charge in [-0.15, -0.1) is 0 Å². The first-order chi connectivity index (χ1) is 10.5. The van der Waals surface area contributed by atoms with Crippen molar-refractivity contribution < 1.29 is 13.9 Å². The van der Waals surface area contributed by atoms with Gasteiger partial charge in [0.1, 0.15) is 22.9 Å². The molecule has 22 heavy (non-hydrogen) atoms. The van der Waals surface area contributed by atoms with E-state index in [1.54, 1.807) is 12.1 Å². The van der Waals surface area contributed by atoms with Crippen LogP contribution in [0.4, 0.5) is 4.39 Å². The van der Waals surface area contributed by atoms with E-state index in [-0.39, 0.29) is 22.5 Å². The van der Waals surface area contributed by atoms with Gasteiger partial charge in [0.15, 0.2) is 5.43 Å². The van der Waals surface area contributed by atoms with Gasteiger partial charge in [-0.05, 0) is 35.7 Å². The molecule has 4 heteroatoms. The fourth-order valence-corrected chi connectivity index (χ4v) is 2.46. The SMILES string of the molecule is CC(C)c1ccc(-c2cc(=O)c3cc(F)ccc3o2)cc1O. The molecule has 0 fully saturated rings. The first kappa shape index (κ1) is 14.3. The van der Waals surface area contributed by atoms with Crippen LogP contribution in [-0.2, 0) is 0 Å². The molecule has 0 spiro atoms. The largest absolute Gasteiger partial charge is 0.508 e. The van der Waals surface area contributed by atoms with Crippen molar-refractivity contribution in [2.45, 2.75) is 19.8 Å². The third kappa shape index (κ3) is 2.48. The minimum absolute atomic E-state index is 0.161. The lowest BCUT2D eigenvalue weighted by atomic mass is 9.99. The average Bonchev–Trinajstić information content (AvgIpc) is 2.47. The third-order valence-electron chi connectivity index (χ3n) is 3.63. The van der Waals surface area contributed by atoms with Gasteiger partial charge in [-0.25, -0.2) is 4.39 Å². The van der Waals surface area contributed by atoms with E-state index in [4.69, 9.17) is 4.42 Å². The standard InChI is InChI=1S/C18H15FO3/c1-10(2)13-5-3-11(7-15(13)20)18-9-16(21)14-8-12(19)4-6-17(14)22-18/h3-10,20H,1-2H3. The first-order valence-electron chi connectivity index (χ1n) is 7.02. The van der Waals surface area contributed by atoms with Gasteiger partial charge in [0.2, 0.25) is 0 Å². The maximum absolute atomic E-state index is 13.2. The van der Waals surface area contributed by atoms with Gasteiger partial charge in [0, 0.05) is 11.6 Å². The molecular formula is C18H15FO3. The Morgan fingerprint density at radius 2 is 1.86 bits per heavy atom. The summed E-state index contributed by atoms with van der Waals surface area (Å²) in [5, 5.41) is 10.3. The summed E-state index contributed by atoms with van der Waals surface area (Å²) in [6.07, 6.45) is 0. The fraction of sp³-hybridized carbons (Fsp3) is 0.167. The molecule has 3 nitrogen and oxygen atoms in total. The van der Waals surface area contributed by atoms with Gasteiger partial charge in [0.05, 0.1) is 5.39 Å². The molecule has 0 aliphatic rings. The number of hydrogen-bond acceptors (Lipinski definition) is 3. The third-order valence-corrected chi connectivity index (χ3v) is 3.63.